The molecule has 48 valence electrons. The van der Waals surface area contributed by atoms with Gasteiger partial charge < -0.3 is 5.32 Å². The summed E-state index contributed by atoms with van der Waals surface area (Å²) in [5, 5.41) is 2.21. The molecule has 2 heteroatoms. The van der Waals surface area contributed by atoms with E-state index in [1.54, 1.807) is 13.8 Å². The Labute approximate surface area is 53.1 Å². The third-order valence-electron chi connectivity index (χ3n) is 0.773. The average molecular weight is 117 g/mol. The van der Waals surface area contributed by atoms with E-state index in [0.717, 1.165) is 0 Å². The van der Waals surface area contributed by atoms with E-state index in [9.17, 15) is 4.79 Å². The lowest BCUT2D eigenvalue weighted by Gasteiger charge is -2.02. The van der Waals surface area contributed by atoms with Crippen LogP contribution >= 0.6 is 0 Å². The number of hydrogen-bond donors (Lipinski definition) is 1. The van der Waals surface area contributed by atoms with E-state index in [4.69, 9.17) is 2.74 Å². The summed E-state index contributed by atoms with van der Waals surface area (Å²) in [6.07, 6.45) is 0. The number of carbonyl (C=O) groups excluding carboxylic acids is 1. The summed E-state index contributed by atoms with van der Waals surface area (Å²) < 4.78 is 14.0. The van der Waals surface area contributed by atoms with Crippen LogP contribution in [0.15, 0.2) is 0 Å². The van der Waals surface area contributed by atoms with Crippen LogP contribution in [0, 0.1) is 5.92 Å². The van der Waals surface area contributed by atoms with Crippen molar-refractivity contribution in [1.29, 1.82) is 0 Å². The van der Waals surface area contributed by atoms with Crippen LogP contribution < -0.4 is 5.32 Å². The van der Waals surface area contributed by atoms with Crippen molar-refractivity contribution in [1.82, 2.24) is 5.32 Å². The second-order valence-corrected chi connectivity index (χ2v) is 1.89. The summed E-state index contributed by atoms with van der Waals surface area (Å²) in [7, 11) is 0. The standard InChI is InChI=1S/C6H13NO/c1-4-7-6(8)5(2)3/h5H,4H2,1-3H3,(H,7,8)/i4D2. The van der Waals surface area contributed by atoms with Crippen LogP contribution in [0.5, 0.6) is 0 Å². The highest BCUT2D eigenvalue weighted by Crippen LogP contribution is 1.88. The molecule has 0 radical (unpaired) electrons. The van der Waals surface area contributed by atoms with Crippen molar-refractivity contribution < 1.29 is 7.54 Å². The molecule has 0 aromatic carbocycles. The molecule has 0 fully saturated rings. The molecule has 0 aromatic heterocycles. The van der Waals surface area contributed by atoms with Gasteiger partial charge in [-0.2, -0.15) is 0 Å². The highest BCUT2D eigenvalue weighted by Gasteiger charge is 2.02. The van der Waals surface area contributed by atoms with Gasteiger partial charge in [0.1, 0.15) is 0 Å². The number of nitrogens with one attached hydrogen (secondary N) is 1. The molecular formula is C6H13NO. The molecule has 1 amide bonds. The lowest BCUT2D eigenvalue weighted by molar-refractivity contribution is -0.123. The summed E-state index contributed by atoms with van der Waals surface area (Å²) in [4.78, 5) is 10.8. The SMILES string of the molecule is [2H]C([2H])(C)NC(=O)C(C)C. The number of rotatable bonds is 2. The summed E-state index contributed by atoms with van der Waals surface area (Å²) in [5.74, 6) is -0.414. The molecule has 0 aliphatic heterocycles. The summed E-state index contributed by atoms with van der Waals surface area (Å²) >= 11 is 0. The first-order chi connectivity index (χ1) is 4.33. The van der Waals surface area contributed by atoms with Crippen molar-refractivity contribution in [3.63, 3.8) is 0 Å². The van der Waals surface area contributed by atoms with Crippen LogP contribution in [-0.2, 0) is 4.79 Å². The lowest BCUT2D eigenvalue weighted by Crippen LogP contribution is -2.26. The minimum atomic E-state index is -1.60. The normalized spacial score (nSPS) is 15.0. The predicted octanol–water partition coefficient (Wildman–Crippen LogP) is 0.778. The van der Waals surface area contributed by atoms with Crippen molar-refractivity contribution in [2.24, 2.45) is 5.92 Å². The quantitative estimate of drug-likeness (QED) is 0.569. The molecule has 1 N–H and O–H groups in total. The van der Waals surface area contributed by atoms with Gasteiger partial charge >= 0.3 is 0 Å². The Bertz CT molecular complexity index is 128. The molecule has 2 nitrogen and oxygen atoms in total. The van der Waals surface area contributed by atoms with Gasteiger partial charge in [0, 0.05) is 15.2 Å². The maximum absolute atomic E-state index is 10.8. The zero-order chi connectivity index (χ0) is 8.36. The van der Waals surface area contributed by atoms with Gasteiger partial charge in [-0.3, -0.25) is 4.79 Å². The molecule has 0 unspecified atom stereocenters. The Morgan fingerprint density at radius 2 is 2.38 bits per heavy atom. The molecule has 0 rings (SSSR count). The molecule has 0 aliphatic carbocycles. The zero-order valence-corrected chi connectivity index (χ0v) is 5.49. The third-order valence-corrected chi connectivity index (χ3v) is 0.773. The number of hydrogen-bond acceptors (Lipinski definition) is 1. The van der Waals surface area contributed by atoms with Gasteiger partial charge in [0.2, 0.25) is 5.91 Å². The van der Waals surface area contributed by atoms with Crippen molar-refractivity contribution in [2.45, 2.75) is 20.8 Å². The maximum Gasteiger partial charge on any atom is 0.222 e. The van der Waals surface area contributed by atoms with Crippen LogP contribution in [0.1, 0.15) is 23.5 Å². The van der Waals surface area contributed by atoms with Crippen LogP contribution in [0.2, 0.25) is 0 Å². The first kappa shape index (κ1) is 4.36. The van der Waals surface area contributed by atoms with Crippen LogP contribution in [0.25, 0.3) is 0 Å². The second-order valence-electron chi connectivity index (χ2n) is 1.89. The summed E-state index contributed by atoms with van der Waals surface area (Å²) in [6.45, 7) is 3.16. The van der Waals surface area contributed by atoms with Gasteiger partial charge in [0.05, 0.1) is 0 Å². The molecule has 0 bridgehead atoms. The average Bonchev–Trinajstić information content (AvgIpc) is 1.60. The Balaban J connectivity index is 3.81. The van der Waals surface area contributed by atoms with Gasteiger partial charge in [-0.1, -0.05) is 13.8 Å². The molecular weight excluding hydrogens is 102 g/mol. The minimum Gasteiger partial charge on any atom is -0.356 e. The summed E-state index contributed by atoms with van der Waals surface area (Å²) in [6, 6.07) is 0. The smallest absolute Gasteiger partial charge is 0.222 e. The lowest BCUT2D eigenvalue weighted by atomic mass is 10.2. The predicted molar refractivity (Wildman–Crippen MR) is 33.5 cm³/mol. The first-order valence-electron chi connectivity index (χ1n) is 3.65. The van der Waals surface area contributed by atoms with Gasteiger partial charge in [-0.25, -0.2) is 0 Å². The van der Waals surface area contributed by atoms with E-state index in [0.29, 0.717) is 0 Å². The fraction of sp³-hybridized carbons (Fsp3) is 0.833. The fourth-order valence-corrected chi connectivity index (χ4v) is 0.268. The Kier molecular flexibility index (Phi) is 1.89. The van der Waals surface area contributed by atoms with Crippen molar-refractivity contribution in [3.8, 4) is 0 Å². The van der Waals surface area contributed by atoms with E-state index >= 15 is 0 Å². The van der Waals surface area contributed by atoms with E-state index in [-0.39, 0.29) is 11.8 Å². The van der Waals surface area contributed by atoms with Crippen molar-refractivity contribution in [3.05, 3.63) is 0 Å². The molecule has 0 aliphatic rings. The van der Waals surface area contributed by atoms with E-state index in [1.165, 1.54) is 6.92 Å². The highest BCUT2D eigenvalue weighted by molar-refractivity contribution is 5.77. The molecule has 8 heavy (non-hydrogen) atoms. The van der Waals surface area contributed by atoms with Gasteiger partial charge in [0.15, 0.2) is 0 Å². The molecule has 0 spiro atoms. The topological polar surface area (TPSA) is 29.1 Å². The fourth-order valence-electron chi connectivity index (χ4n) is 0.268. The highest BCUT2D eigenvalue weighted by atomic mass is 16.1. The van der Waals surface area contributed by atoms with Gasteiger partial charge in [-0.05, 0) is 6.92 Å². The second kappa shape index (κ2) is 3.47. The zero-order valence-electron chi connectivity index (χ0n) is 7.49. The van der Waals surface area contributed by atoms with Crippen LogP contribution in [-0.4, -0.2) is 12.4 Å². The minimum absolute atomic E-state index is 0.157. The van der Waals surface area contributed by atoms with Crippen molar-refractivity contribution in [2.75, 3.05) is 6.50 Å². The Hall–Kier alpha value is -0.530. The van der Waals surface area contributed by atoms with E-state index in [2.05, 4.69) is 5.32 Å². The first-order valence-corrected chi connectivity index (χ1v) is 2.65. The molecule has 0 atom stereocenters. The molecule has 0 saturated heterocycles. The van der Waals surface area contributed by atoms with Gasteiger partial charge in [0.25, 0.3) is 0 Å². The largest absolute Gasteiger partial charge is 0.356 e. The van der Waals surface area contributed by atoms with Crippen molar-refractivity contribution >= 4 is 5.91 Å². The number of amides is 1. The number of carbonyl (C=O) groups is 1. The molecule has 0 aromatic rings. The van der Waals surface area contributed by atoms with E-state index < -0.39 is 6.50 Å². The van der Waals surface area contributed by atoms with E-state index in [1.807, 2.05) is 0 Å². The molecule has 0 saturated carbocycles. The van der Waals surface area contributed by atoms with Crippen LogP contribution in [0.4, 0.5) is 0 Å². The monoisotopic (exact) mass is 117 g/mol. The van der Waals surface area contributed by atoms with Crippen LogP contribution in [0.3, 0.4) is 0 Å². The van der Waals surface area contributed by atoms with Gasteiger partial charge in [-0.15, -0.1) is 0 Å². The molecule has 0 heterocycles. The Morgan fingerprint density at radius 1 is 1.88 bits per heavy atom. The third kappa shape index (κ3) is 2.61. The Morgan fingerprint density at radius 3 is 2.50 bits per heavy atom. The maximum atomic E-state index is 10.8. The summed E-state index contributed by atoms with van der Waals surface area (Å²) in [5.41, 5.74) is 0.